The topological polar surface area (TPSA) is 58.3 Å². The van der Waals surface area contributed by atoms with Crippen LogP contribution in [0.4, 0.5) is 0 Å². The van der Waals surface area contributed by atoms with Crippen LogP contribution in [0.25, 0.3) is 0 Å². The van der Waals surface area contributed by atoms with E-state index in [-0.39, 0.29) is 6.10 Å². The van der Waals surface area contributed by atoms with Gasteiger partial charge in [0.05, 0.1) is 12.3 Å². The number of hydrogen-bond acceptors (Lipinski definition) is 5. The Kier molecular flexibility index (Phi) is 4.88. The zero-order chi connectivity index (χ0) is 9.52. The van der Waals surface area contributed by atoms with E-state index in [1.165, 1.54) is 18.0 Å². The van der Waals surface area contributed by atoms with Crippen molar-refractivity contribution < 1.29 is 9.52 Å². The highest BCUT2D eigenvalue weighted by Gasteiger charge is 2.05. The maximum atomic E-state index is 9.43. The van der Waals surface area contributed by atoms with Gasteiger partial charge in [0.15, 0.2) is 0 Å². The predicted octanol–water partition coefficient (Wildman–Crippen LogP) is 0.737. The maximum absolute atomic E-state index is 9.43. The van der Waals surface area contributed by atoms with Gasteiger partial charge in [0.25, 0.3) is 5.22 Å². The monoisotopic (exact) mass is 202 g/mol. The van der Waals surface area contributed by atoms with Crippen molar-refractivity contribution >= 4 is 11.8 Å². The highest BCUT2D eigenvalue weighted by molar-refractivity contribution is 7.99. The molecule has 0 bridgehead atoms. The van der Waals surface area contributed by atoms with Crippen LogP contribution in [0.3, 0.4) is 0 Å². The first kappa shape index (κ1) is 10.6. The molecule has 2 N–H and O–H groups in total. The van der Waals surface area contributed by atoms with Gasteiger partial charge in [-0.2, -0.15) is 0 Å². The third kappa shape index (κ3) is 4.31. The van der Waals surface area contributed by atoms with Gasteiger partial charge in [-0.15, -0.1) is 0 Å². The fourth-order valence-corrected chi connectivity index (χ4v) is 1.53. The number of nitrogens with one attached hydrogen (secondary N) is 1. The molecule has 0 aliphatic carbocycles. The van der Waals surface area contributed by atoms with Crippen LogP contribution < -0.4 is 5.32 Å². The second kappa shape index (κ2) is 6.01. The molecular weight excluding hydrogens is 188 g/mol. The molecule has 1 unspecified atom stereocenters. The number of likely N-dealkylation sites (N-methyl/N-ethyl adjacent to an activating group) is 1. The lowest BCUT2D eigenvalue weighted by atomic mass is 10.4. The number of hydrogen-bond donors (Lipinski definition) is 2. The molecule has 0 saturated carbocycles. The first-order valence-electron chi connectivity index (χ1n) is 4.24. The van der Waals surface area contributed by atoms with E-state index in [1.54, 1.807) is 6.20 Å². The van der Waals surface area contributed by atoms with E-state index >= 15 is 0 Å². The Balaban J connectivity index is 2.11. The van der Waals surface area contributed by atoms with Crippen LogP contribution in [0.1, 0.15) is 6.92 Å². The van der Waals surface area contributed by atoms with Gasteiger partial charge < -0.3 is 14.8 Å². The van der Waals surface area contributed by atoms with Crippen LogP contribution in [0, 0.1) is 0 Å². The molecule has 1 atom stereocenters. The van der Waals surface area contributed by atoms with Gasteiger partial charge in [0.1, 0.15) is 6.26 Å². The Hall–Kier alpha value is -0.520. The van der Waals surface area contributed by atoms with Crippen molar-refractivity contribution in [1.82, 2.24) is 10.3 Å². The fraction of sp³-hybridized carbons (Fsp3) is 0.625. The van der Waals surface area contributed by atoms with Gasteiger partial charge in [-0.25, -0.2) is 4.98 Å². The standard InChI is InChI=1S/C8H14N2O2S/c1-2-9-5-7(11)6-13-8-10-3-4-12-8/h3-4,7,9,11H,2,5-6H2,1H3. The van der Waals surface area contributed by atoms with Gasteiger partial charge in [-0.1, -0.05) is 18.7 Å². The summed E-state index contributed by atoms with van der Waals surface area (Å²) in [7, 11) is 0. The van der Waals surface area contributed by atoms with Gasteiger partial charge in [0.2, 0.25) is 0 Å². The molecule has 1 rings (SSSR count). The summed E-state index contributed by atoms with van der Waals surface area (Å²) in [5.41, 5.74) is 0. The summed E-state index contributed by atoms with van der Waals surface area (Å²) in [6.45, 7) is 3.50. The molecule has 0 spiro atoms. The van der Waals surface area contributed by atoms with Crippen LogP contribution >= 0.6 is 11.8 Å². The molecule has 4 nitrogen and oxygen atoms in total. The van der Waals surface area contributed by atoms with Crippen molar-refractivity contribution in [3.05, 3.63) is 12.5 Å². The summed E-state index contributed by atoms with van der Waals surface area (Å²) < 4.78 is 5.01. The quantitative estimate of drug-likeness (QED) is 0.666. The predicted molar refractivity (Wildman–Crippen MR) is 51.8 cm³/mol. The first-order chi connectivity index (χ1) is 6.33. The van der Waals surface area contributed by atoms with Crippen LogP contribution in [0.15, 0.2) is 22.1 Å². The molecule has 0 amide bonds. The van der Waals surface area contributed by atoms with E-state index in [0.717, 1.165) is 6.54 Å². The summed E-state index contributed by atoms with van der Waals surface area (Å²) in [5.74, 6) is 0.605. The number of aliphatic hydroxyl groups excluding tert-OH is 1. The molecular formula is C8H14N2O2S. The van der Waals surface area contributed by atoms with Crippen molar-refractivity contribution in [2.24, 2.45) is 0 Å². The minimum absolute atomic E-state index is 0.350. The average Bonchev–Trinajstić information content (AvgIpc) is 2.64. The minimum atomic E-state index is -0.350. The molecule has 0 saturated heterocycles. The van der Waals surface area contributed by atoms with Gasteiger partial charge in [-0.3, -0.25) is 0 Å². The second-order valence-electron chi connectivity index (χ2n) is 2.57. The molecule has 1 aromatic heterocycles. The van der Waals surface area contributed by atoms with E-state index in [1.807, 2.05) is 6.92 Å². The number of thioether (sulfide) groups is 1. The van der Waals surface area contributed by atoms with Crippen LogP contribution in [0.5, 0.6) is 0 Å². The normalized spacial score (nSPS) is 13.1. The Morgan fingerprint density at radius 3 is 3.23 bits per heavy atom. The van der Waals surface area contributed by atoms with E-state index in [2.05, 4.69) is 10.3 Å². The van der Waals surface area contributed by atoms with Crippen LogP contribution in [-0.4, -0.2) is 35.0 Å². The van der Waals surface area contributed by atoms with Crippen LogP contribution in [0.2, 0.25) is 0 Å². The molecule has 0 aromatic carbocycles. The summed E-state index contributed by atoms with van der Waals surface area (Å²) in [6.07, 6.45) is 2.77. The van der Waals surface area contributed by atoms with Crippen molar-refractivity contribution in [3.8, 4) is 0 Å². The molecule has 5 heteroatoms. The number of nitrogens with zero attached hydrogens (tertiary/aromatic N) is 1. The van der Waals surface area contributed by atoms with Crippen molar-refractivity contribution in [3.63, 3.8) is 0 Å². The zero-order valence-corrected chi connectivity index (χ0v) is 8.38. The minimum Gasteiger partial charge on any atom is -0.440 e. The lowest BCUT2D eigenvalue weighted by Crippen LogP contribution is -2.28. The molecule has 0 aliphatic heterocycles. The van der Waals surface area contributed by atoms with Gasteiger partial charge in [-0.05, 0) is 6.54 Å². The summed E-state index contributed by atoms with van der Waals surface area (Å²) in [5, 5.41) is 13.1. The SMILES string of the molecule is CCNCC(O)CSc1ncco1. The van der Waals surface area contributed by atoms with Gasteiger partial charge >= 0.3 is 0 Å². The van der Waals surface area contributed by atoms with E-state index in [0.29, 0.717) is 17.5 Å². The lowest BCUT2D eigenvalue weighted by molar-refractivity contribution is 0.196. The van der Waals surface area contributed by atoms with E-state index in [4.69, 9.17) is 4.42 Å². The Morgan fingerprint density at radius 1 is 1.77 bits per heavy atom. The average molecular weight is 202 g/mol. The Morgan fingerprint density at radius 2 is 2.62 bits per heavy atom. The number of rotatable bonds is 6. The molecule has 13 heavy (non-hydrogen) atoms. The maximum Gasteiger partial charge on any atom is 0.255 e. The zero-order valence-electron chi connectivity index (χ0n) is 7.56. The number of aliphatic hydroxyl groups is 1. The van der Waals surface area contributed by atoms with Crippen molar-refractivity contribution in [2.75, 3.05) is 18.8 Å². The smallest absolute Gasteiger partial charge is 0.255 e. The third-order valence-corrected chi connectivity index (χ3v) is 2.44. The van der Waals surface area contributed by atoms with E-state index < -0.39 is 0 Å². The van der Waals surface area contributed by atoms with E-state index in [9.17, 15) is 5.11 Å². The van der Waals surface area contributed by atoms with Crippen molar-refractivity contribution in [2.45, 2.75) is 18.3 Å². The third-order valence-electron chi connectivity index (χ3n) is 1.44. The first-order valence-corrected chi connectivity index (χ1v) is 5.22. The van der Waals surface area contributed by atoms with Crippen LogP contribution in [-0.2, 0) is 0 Å². The second-order valence-corrected chi connectivity index (χ2v) is 3.54. The Labute approximate surface area is 81.7 Å². The highest BCUT2D eigenvalue weighted by Crippen LogP contribution is 2.15. The molecule has 74 valence electrons. The fourth-order valence-electron chi connectivity index (χ4n) is 0.819. The molecule has 0 aliphatic rings. The largest absolute Gasteiger partial charge is 0.440 e. The molecule has 0 fully saturated rings. The highest BCUT2D eigenvalue weighted by atomic mass is 32.2. The summed E-state index contributed by atoms with van der Waals surface area (Å²) in [6, 6.07) is 0. The number of aromatic nitrogens is 1. The molecule has 1 aromatic rings. The summed E-state index contributed by atoms with van der Waals surface area (Å²) in [4.78, 5) is 3.93. The van der Waals surface area contributed by atoms with Crippen molar-refractivity contribution in [1.29, 1.82) is 0 Å². The molecule has 1 heterocycles. The molecule has 0 radical (unpaired) electrons. The lowest BCUT2D eigenvalue weighted by Gasteiger charge is -2.08. The summed E-state index contributed by atoms with van der Waals surface area (Å²) >= 11 is 1.42. The Bertz CT molecular complexity index is 216. The van der Waals surface area contributed by atoms with Gasteiger partial charge in [0, 0.05) is 12.3 Å². The number of oxazole rings is 1.